The van der Waals surface area contributed by atoms with Gasteiger partial charge in [0.15, 0.2) is 0 Å². The molecule has 80 valence electrons. The first-order valence-electron chi connectivity index (χ1n) is 4.85. The highest BCUT2D eigenvalue weighted by Crippen LogP contribution is 2.04. The molecule has 1 aromatic heterocycles. The van der Waals surface area contributed by atoms with Crippen LogP contribution in [0.1, 0.15) is 36.0 Å². The van der Waals surface area contributed by atoms with E-state index in [2.05, 4.69) is 16.4 Å². The molecule has 0 saturated heterocycles. The monoisotopic (exact) mass is 206 g/mol. The minimum Gasteiger partial charge on any atom is -0.351 e. The van der Waals surface area contributed by atoms with Crippen LogP contribution in [-0.4, -0.2) is 17.1 Å². The number of aryl methyl sites for hydroxylation is 1. The van der Waals surface area contributed by atoms with Gasteiger partial charge in [-0.25, -0.2) is 0 Å². The molecule has 0 aliphatic carbocycles. The molecule has 0 aliphatic rings. The van der Waals surface area contributed by atoms with Gasteiger partial charge < -0.3 is 9.84 Å². The molecule has 0 fully saturated rings. The van der Waals surface area contributed by atoms with Crippen LogP contribution in [0.15, 0.2) is 10.6 Å². The second-order valence-electron chi connectivity index (χ2n) is 3.32. The summed E-state index contributed by atoms with van der Waals surface area (Å²) in [4.78, 5) is 11.6. The normalized spacial score (nSPS) is 11.8. The predicted molar refractivity (Wildman–Crippen MR) is 56.2 cm³/mol. The number of nitrogens with one attached hydrogen (secondary N) is 1. The highest BCUT2D eigenvalue weighted by molar-refractivity contribution is 5.91. The molecule has 4 heteroatoms. The summed E-state index contributed by atoms with van der Waals surface area (Å²) in [5, 5.41) is 6.42. The maximum absolute atomic E-state index is 11.6. The lowest BCUT2D eigenvalue weighted by Gasteiger charge is -2.12. The smallest absolute Gasteiger partial charge is 0.290 e. The molecule has 0 bridgehead atoms. The molecule has 0 aromatic carbocycles. The number of carbonyl (C=O) groups excluding carboxylic acids is 1. The van der Waals surface area contributed by atoms with Crippen LogP contribution in [-0.2, 0) is 0 Å². The maximum Gasteiger partial charge on any atom is 0.290 e. The van der Waals surface area contributed by atoms with E-state index in [1.807, 2.05) is 6.92 Å². The average molecular weight is 206 g/mol. The number of hydrogen-bond donors (Lipinski definition) is 1. The zero-order valence-electron chi connectivity index (χ0n) is 8.91. The lowest BCUT2D eigenvalue weighted by atomic mass is 10.1. The van der Waals surface area contributed by atoms with Crippen LogP contribution in [0, 0.1) is 19.3 Å². The Morgan fingerprint density at radius 3 is 3.00 bits per heavy atom. The minimum absolute atomic E-state index is 0.00657. The van der Waals surface area contributed by atoms with Crippen molar-refractivity contribution < 1.29 is 9.32 Å². The molecule has 1 rings (SSSR count). The molecule has 1 N–H and O–H groups in total. The van der Waals surface area contributed by atoms with Crippen molar-refractivity contribution in [2.75, 3.05) is 0 Å². The van der Waals surface area contributed by atoms with Crippen LogP contribution in [0.4, 0.5) is 0 Å². The molecule has 0 radical (unpaired) electrons. The Bertz CT molecular complexity index is 376. The van der Waals surface area contributed by atoms with Crippen molar-refractivity contribution in [2.24, 2.45) is 0 Å². The molecule has 1 aromatic rings. The predicted octanol–water partition coefficient (Wildman–Crippen LogP) is 1.51. The molecule has 4 nitrogen and oxygen atoms in total. The highest BCUT2D eigenvalue weighted by atomic mass is 16.5. The summed E-state index contributed by atoms with van der Waals surface area (Å²) >= 11 is 0. The summed E-state index contributed by atoms with van der Waals surface area (Å²) < 4.78 is 4.84. The lowest BCUT2D eigenvalue weighted by Crippen LogP contribution is -2.33. The number of amides is 1. The Kier molecular flexibility index (Phi) is 3.92. The van der Waals surface area contributed by atoms with Crippen molar-refractivity contribution in [2.45, 2.75) is 32.7 Å². The molecular formula is C11H14N2O2. The van der Waals surface area contributed by atoms with Gasteiger partial charge in [0.25, 0.3) is 5.91 Å². The second-order valence-corrected chi connectivity index (χ2v) is 3.32. The van der Waals surface area contributed by atoms with Gasteiger partial charge in [0.1, 0.15) is 0 Å². The van der Waals surface area contributed by atoms with Crippen LogP contribution < -0.4 is 5.32 Å². The summed E-state index contributed by atoms with van der Waals surface area (Å²) in [6.45, 7) is 3.73. The number of terminal acetylenes is 1. The van der Waals surface area contributed by atoms with E-state index in [0.29, 0.717) is 12.1 Å². The van der Waals surface area contributed by atoms with Gasteiger partial charge in [-0.2, -0.15) is 0 Å². The third-order valence-electron chi connectivity index (χ3n) is 2.04. The van der Waals surface area contributed by atoms with E-state index in [4.69, 9.17) is 10.9 Å². The topological polar surface area (TPSA) is 55.1 Å². The molecule has 1 amide bonds. The first-order valence-corrected chi connectivity index (χ1v) is 4.85. The van der Waals surface area contributed by atoms with Crippen LogP contribution in [0.2, 0.25) is 0 Å². The fraction of sp³-hybridized carbons (Fsp3) is 0.455. The summed E-state index contributed by atoms with van der Waals surface area (Å²) in [6.07, 6.45) is 6.50. The molecule has 15 heavy (non-hydrogen) atoms. The summed E-state index contributed by atoms with van der Waals surface area (Å²) in [5.74, 6) is 2.48. The van der Waals surface area contributed by atoms with Crippen molar-refractivity contribution in [3.8, 4) is 12.3 Å². The number of nitrogens with zero attached hydrogens (tertiary/aromatic N) is 1. The van der Waals surface area contributed by atoms with Crippen LogP contribution in [0.25, 0.3) is 0 Å². The van der Waals surface area contributed by atoms with E-state index in [1.54, 1.807) is 13.0 Å². The number of carbonyl (C=O) groups is 1. The SMILES string of the molecule is C#CCC(CC)NC(=O)c1cc(C)no1. The van der Waals surface area contributed by atoms with E-state index in [0.717, 1.165) is 6.42 Å². The van der Waals surface area contributed by atoms with E-state index < -0.39 is 0 Å². The van der Waals surface area contributed by atoms with Crippen LogP contribution in [0.3, 0.4) is 0 Å². The van der Waals surface area contributed by atoms with Crippen molar-refractivity contribution in [1.29, 1.82) is 0 Å². The summed E-state index contributed by atoms with van der Waals surface area (Å²) in [7, 11) is 0. The largest absolute Gasteiger partial charge is 0.351 e. The Labute approximate surface area is 89.0 Å². The fourth-order valence-electron chi connectivity index (χ4n) is 1.17. The van der Waals surface area contributed by atoms with Gasteiger partial charge in [-0.3, -0.25) is 4.79 Å². The third kappa shape index (κ3) is 3.13. The maximum atomic E-state index is 11.6. The van der Waals surface area contributed by atoms with Gasteiger partial charge in [-0.1, -0.05) is 12.1 Å². The van der Waals surface area contributed by atoms with Gasteiger partial charge in [-0.15, -0.1) is 12.3 Å². The first kappa shape index (κ1) is 11.3. The number of rotatable bonds is 4. The van der Waals surface area contributed by atoms with E-state index in [9.17, 15) is 4.79 Å². The number of hydrogen-bond acceptors (Lipinski definition) is 3. The fourth-order valence-corrected chi connectivity index (χ4v) is 1.17. The molecule has 1 atom stereocenters. The third-order valence-corrected chi connectivity index (χ3v) is 2.04. The van der Waals surface area contributed by atoms with Crippen molar-refractivity contribution >= 4 is 5.91 Å². The summed E-state index contributed by atoms with van der Waals surface area (Å²) in [5.41, 5.74) is 0.685. The average Bonchev–Trinajstić information content (AvgIpc) is 2.64. The second kappa shape index (κ2) is 5.20. The quantitative estimate of drug-likeness (QED) is 0.760. The van der Waals surface area contributed by atoms with E-state index >= 15 is 0 Å². The minimum atomic E-state index is -0.266. The van der Waals surface area contributed by atoms with Crippen molar-refractivity contribution in [3.05, 3.63) is 17.5 Å². The molecule has 1 unspecified atom stereocenters. The van der Waals surface area contributed by atoms with Gasteiger partial charge in [-0.05, 0) is 13.3 Å². The molecular weight excluding hydrogens is 192 g/mol. The molecule has 0 saturated carbocycles. The van der Waals surface area contributed by atoms with Gasteiger partial charge in [0, 0.05) is 18.5 Å². The Morgan fingerprint density at radius 1 is 1.80 bits per heavy atom. The number of aromatic nitrogens is 1. The van der Waals surface area contributed by atoms with Crippen molar-refractivity contribution in [1.82, 2.24) is 10.5 Å². The standard InChI is InChI=1S/C11H14N2O2/c1-4-6-9(5-2)12-11(14)10-7-8(3)13-15-10/h1,7,9H,5-6H2,2-3H3,(H,12,14). The van der Waals surface area contributed by atoms with Gasteiger partial charge in [0.05, 0.1) is 5.69 Å². The highest BCUT2D eigenvalue weighted by Gasteiger charge is 2.14. The lowest BCUT2D eigenvalue weighted by molar-refractivity contribution is 0.0899. The molecule has 0 aliphatic heterocycles. The Balaban J connectivity index is 2.59. The first-order chi connectivity index (χ1) is 7.17. The van der Waals surface area contributed by atoms with Crippen LogP contribution in [0.5, 0.6) is 0 Å². The van der Waals surface area contributed by atoms with E-state index in [-0.39, 0.29) is 17.7 Å². The zero-order valence-corrected chi connectivity index (χ0v) is 8.91. The molecule has 0 spiro atoms. The zero-order chi connectivity index (χ0) is 11.3. The van der Waals surface area contributed by atoms with Gasteiger partial charge >= 0.3 is 0 Å². The molecule has 1 heterocycles. The Hall–Kier alpha value is -1.76. The van der Waals surface area contributed by atoms with E-state index in [1.165, 1.54) is 0 Å². The van der Waals surface area contributed by atoms with Crippen LogP contribution >= 0.6 is 0 Å². The Morgan fingerprint density at radius 2 is 2.53 bits per heavy atom. The van der Waals surface area contributed by atoms with Gasteiger partial charge in [0.2, 0.25) is 5.76 Å². The summed E-state index contributed by atoms with van der Waals surface area (Å²) in [6, 6.07) is 1.59. The van der Waals surface area contributed by atoms with Crippen molar-refractivity contribution in [3.63, 3.8) is 0 Å².